The molecule has 11 heavy (non-hydrogen) atoms. The van der Waals surface area contributed by atoms with Crippen molar-refractivity contribution in [3.63, 3.8) is 0 Å². The number of nitrogens with zero attached hydrogens (tertiary/aromatic N) is 7. The van der Waals surface area contributed by atoms with Gasteiger partial charge in [0, 0.05) is 0 Å². The smallest absolute Gasteiger partial charge is 0.152 e. The van der Waals surface area contributed by atoms with Crippen LogP contribution in [0.1, 0.15) is 6.92 Å². The van der Waals surface area contributed by atoms with Crippen molar-refractivity contribution in [3.05, 3.63) is 0 Å². The molecule has 0 saturated carbocycles. The first-order chi connectivity index (χ1) is 5.31. The molecule has 0 N–H and O–H groups in total. The molecule has 0 fully saturated rings. The van der Waals surface area contributed by atoms with Crippen molar-refractivity contribution in [2.45, 2.75) is 18.6 Å². The third-order valence-corrected chi connectivity index (χ3v) is 1.52. The minimum Gasteiger partial charge on any atom is -0.152 e. The number of hydrogen-bond acceptors (Lipinski definition) is 7. The van der Waals surface area contributed by atoms with Crippen molar-refractivity contribution in [1.29, 1.82) is 0 Å². The van der Waals surface area contributed by atoms with E-state index >= 15 is 0 Å². The van der Waals surface area contributed by atoms with Crippen molar-refractivity contribution in [2.24, 2.45) is 36.1 Å². The van der Waals surface area contributed by atoms with Gasteiger partial charge in [0.25, 0.3) is 0 Å². The van der Waals surface area contributed by atoms with Crippen LogP contribution in [-0.2, 0) is 0 Å². The molecule has 56 valence electrons. The zero-order valence-corrected chi connectivity index (χ0v) is 5.79. The van der Waals surface area contributed by atoms with Gasteiger partial charge in [-0.3, -0.25) is 0 Å². The van der Waals surface area contributed by atoms with E-state index in [1.807, 2.05) is 6.92 Å². The molecule has 0 aromatic heterocycles. The van der Waals surface area contributed by atoms with E-state index in [1.165, 1.54) is 0 Å². The maximum atomic E-state index is 3.84. The molecule has 0 spiro atoms. The lowest BCUT2D eigenvalue weighted by molar-refractivity contribution is 0.499. The molecule has 0 bridgehead atoms. The summed E-state index contributed by atoms with van der Waals surface area (Å²) in [4.78, 5) is 0. The molecule has 0 aromatic carbocycles. The van der Waals surface area contributed by atoms with Crippen molar-refractivity contribution in [1.82, 2.24) is 0 Å². The lowest BCUT2D eigenvalue weighted by Crippen LogP contribution is -2.33. The van der Waals surface area contributed by atoms with E-state index in [0.29, 0.717) is 0 Å². The summed E-state index contributed by atoms with van der Waals surface area (Å²) in [5.41, 5.74) is -0.580. The second-order valence-electron chi connectivity index (χ2n) is 2.44. The number of rotatable bonds is 1. The summed E-state index contributed by atoms with van der Waals surface area (Å²) in [6.45, 7) is 1.82. The summed E-state index contributed by atoms with van der Waals surface area (Å²) in [6.07, 6.45) is 1.19. The van der Waals surface area contributed by atoms with Gasteiger partial charge in [-0.25, -0.2) is 0 Å². The van der Waals surface area contributed by atoms with E-state index in [1.54, 1.807) is 6.21 Å². The van der Waals surface area contributed by atoms with Gasteiger partial charge in [-0.1, -0.05) is 0 Å². The van der Waals surface area contributed by atoms with Crippen LogP contribution in [0, 0.1) is 0 Å². The Labute approximate surface area is 62.0 Å². The van der Waals surface area contributed by atoms with Gasteiger partial charge in [-0.2, -0.15) is 5.11 Å². The normalized spacial score (nSPS) is 34.3. The third kappa shape index (κ3) is 0.846. The molecular formula is C4H5N7. The third-order valence-electron chi connectivity index (χ3n) is 1.52. The molecule has 0 radical (unpaired) electrons. The van der Waals surface area contributed by atoms with Gasteiger partial charge >= 0.3 is 0 Å². The molecule has 0 amide bonds. The van der Waals surface area contributed by atoms with Gasteiger partial charge < -0.3 is 0 Å². The van der Waals surface area contributed by atoms with Crippen LogP contribution >= 0.6 is 0 Å². The highest BCUT2D eigenvalue weighted by Crippen LogP contribution is 2.25. The molecule has 2 aliphatic rings. The van der Waals surface area contributed by atoms with Gasteiger partial charge in [-0.15, -0.1) is 15.3 Å². The molecule has 7 heteroatoms. The molecule has 0 aliphatic carbocycles. The highest BCUT2D eigenvalue weighted by Gasteiger charge is 2.37. The molecule has 0 aromatic rings. The fourth-order valence-corrected chi connectivity index (χ4v) is 0.810. The maximum Gasteiger partial charge on any atom is 0.216 e. The van der Waals surface area contributed by atoms with Crippen LogP contribution < -0.4 is 0 Å². The topological polar surface area (TPSA) is 86.5 Å². The largest absolute Gasteiger partial charge is 0.216 e. The fourth-order valence-electron chi connectivity index (χ4n) is 0.810. The quantitative estimate of drug-likeness (QED) is 0.541. The molecule has 2 heterocycles. The van der Waals surface area contributed by atoms with E-state index in [4.69, 9.17) is 0 Å². The van der Waals surface area contributed by atoms with Crippen molar-refractivity contribution in [3.8, 4) is 0 Å². The highest BCUT2D eigenvalue weighted by atomic mass is 15.6. The predicted molar refractivity (Wildman–Crippen MR) is 35.3 cm³/mol. The second kappa shape index (κ2) is 1.97. The first kappa shape index (κ1) is 6.20. The van der Waals surface area contributed by atoms with Gasteiger partial charge in [0.05, 0.1) is 6.21 Å². The summed E-state index contributed by atoms with van der Waals surface area (Å²) in [6, 6.07) is 0. The Bertz CT molecular complexity index is 250. The summed E-state index contributed by atoms with van der Waals surface area (Å²) < 4.78 is 0. The van der Waals surface area contributed by atoms with Crippen LogP contribution in [-0.4, -0.2) is 17.9 Å². The highest BCUT2D eigenvalue weighted by molar-refractivity contribution is 5.72. The van der Waals surface area contributed by atoms with Crippen molar-refractivity contribution < 1.29 is 0 Å². The Morgan fingerprint density at radius 2 is 1.91 bits per heavy atom. The van der Waals surface area contributed by atoms with Crippen LogP contribution in [0.4, 0.5) is 0 Å². The van der Waals surface area contributed by atoms with Crippen LogP contribution in [0.15, 0.2) is 36.1 Å². The SMILES string of the molecule is CC1(C2N=NN=N2)C=NN=N1. The van der Waals surface area contributed by atoms with Crippen LogP contribution in [0.2, 0.25) is 0 Å². The van der Waals surface area contributed by atoms with Gasteiger partial charge in [0.15, 0.2) is 5.54 Å². The van der Waals surface area contributed by atoms with Crippen molar-refractivity contribution >= 4 is 6.21 Å². The van der Waals surface area contributed by atoms with E-state index < -0.39 is 11.7 Å². The standard InChI is InChI=1S/C4H5N7/c1-4(2-5-9-8-4)3-6-10-11-7-3/h2-3H,1H3. The van der Waals surface area contributed by atoms with E-state index in [2.05, 4.69) is 36.1 Å². The molecule has 2 rings (SSSR count). The number of hydrogen-bond donors (Lipinski definition) is 0. The van der Waals surface area contributed by atoms with Gasteiger partial charge in [0.2, 0.25) is 6.17 Å². The fraction of sp³-hybridized carbons (Fsp3) is 0.750. The lowest BCUT2D eigenvalue weighted by Gasteiger charge is -2.14. The predicted octanol–water partition coefficient (Wildman–Crippen LogP) is 1.36. The molecule has 0 saturated heterocycles. The minimum atomic E-state index is -0.580. The molecule has 7 nitrogen and oxygen atoms in total. The first-order valence-corrected chi connectivity index (χ1v) is 3.08. The van der Waals surface area contributed by atoms with Crippen LogP contribution in [0.5, 0.6) is 0 Å². The average Bonchev–Trinajstić information content (AvgIpc) is 2.55. The van der Waals surface area contributed by atoms with Crippen LogP contribution in [0.25, 0.3) is 0 Å². The summed E-state index contributed by atoms with van der Waals surface area (Å²) in [7, 11) is 0. The zero-order valence-electron chi connectivity index (χ0n) is 5.79. The second-order valence-corrected chi connectivity index (χ2v) is 2.44. The maximum absolute atomic E-state index is 3.84. The Morgan fingerprint density at radius 1 is 1.18 bits per heavy atom. The Hall–Kier alpha value is -1.53. The summed E-state index contributed by atoms with van der Waals surface area (Å²) in [5.74, 6) is 0. The minimum absolute atomic E-state index is 0.391. The average molecular weight is 151 g/mol. The monoisotopic (exact) mass is 151 g/mol. The Morgan fingerprint density at radius 3 is 2.45 bits per heavy atom. The Balaban J connectivity index is 2.27. The summed E-state index contributed by atoms with van der Waals surface area (Å²) in [5, 5.41) is 25.1. The lowest BCUT2D eigenvalue weighted by atomic mass is 10.0. The van der Waals surface area contributed by atoms with Gasteiger partial charge in [0.1, 0.15) is 0 Å². The molecule has 1 unspecified atom stereocenters. The van der Waals surface area contributed by atoms with Crippen molar-refractivity contribution in [2.75, 3.05) is 0 Å². The Kier molecular flexibility index (Phi) is 1.11. The zero-order chi connectivity index (χ0) is 7.73. The summed E-state index contributed by atoms with van der Waals surface area (Å²) >= 11 is 0. The molecular weight excluding hydrogens is 146 g/mol. The van der Waals surface area contributed by atoms with E-state index in [-0.39, 0.29) is 0 Å². The van der Waals surface area contributed by atoms with E-state index in [0.717, 1.165) is 0 Å². The van der Waals surface area contributed by atoms with E-state index in [9.17, 15) is 0 Å². The van der Waals surface area contributed by atoms with Crippen LogP contribution in [0.3, 0.4) is 0 Å². The van der Waals surface area contributed by atoms with Gasteiger partial charge in [-0.05, 0) is 22.6 Å². The molecule has 1 atom stereocenters. The molecule has 2 aliphatic heterocycles. The first-order valence-electron chi connectivity index (χ1n) is 3.08.